The van der Waals surface area contributed by atoms with Crippen LogP contribution < -0.4 is 10.1 Å². The highest BCUT2D eigenvalue weighted by Gasteiger charge is 2.44. The van der Waals surface area contributed by atoms with Crippen LogP contribution in [-0.2, 0) is 11.2 Å². The summed E-state index contributed by atoms with van der Waals surface area (Å²) in [6.45, 7) is 4.89. The van der Waals surface area contributed by atoms with Gasteiger partial charge < -0.3 is 30.1 Å². The molecule has 0 spiro atoms. The number of rotatable bonds is 10. The molecule has 4 N–H and O–H groups in total. The van der Waals surface area contributed by atoms with Crippen molar-refractivity contribution >= 4 is 29.3 Å². The minimum absolute atomic E-state index is 0.180. The van der Waals surface area contributed by atoms with Crippen molar-refractivity contribution in [3.05, 3.63) is 94.0 Å². The van der Waals surface area contributed by atoms with E-state index in [2.05, 4.69) is 5.32 Å². The Morgan fingerprint density at radius 1 is 1.00 bits per heavy atom. The smallest absolute Gasteiger partial charge is 0.252 e. The minimum Gasteiger partial charge on any atom is -0.494 e. The lowest BCUT2D eigenvalue weighted by molar-refractivity contribution is -0.218. The molecule has 9 heteroatoms. The molecule has 2 unspecified atom stereocenters. The van der Waals surface area contributed by atoms with Crippen LogP contribution in [0, 0.1) is 0 Å². The molecule has 4 rings (SSSR count). The zero-order chi connectivity index (χ0) is 27.9. The molecule has 0 bridgehead atoms. The highest BCUT2D eigenvalue weighted by molar-refractivity contribution is 7.99. The first-order chi connectivity index (χ1) is 18.8. The highest BCUT2D eigenvalue weighted by atomic mass is 35.5. The Morgan fingerprint density at radius 2 is 1.74 bits per heavy atom. The molecule has 1 aliphatic heterocycles. The van der Waals surface area contributed by atoms with E-state index in [1.165, 1.54) is 11.8 Å². The molecule has 0 saturated carbocycles. The van der Waals surface area contributed by atoms with Gasteiger partial charge in [-0.3, -0.25) is 4.79 Å². The lowest BCUT2D eigenvalue weighted by Crippen LogP contribution is -2.54. The number of aliphatic hydroxyl groups excluding tert-OH is 3. The minimum atomic E-state index is -1.40. The molecule has 1 fully saturated rings. The van der Waals surface area contributed by atoms with E-state index in [9.17, 15) is 20.1 Å². The van der Waals surface area contributed by atoms with Gasteiger partial charge in [0.1, 0.15) is 30.2 Å². The average molecular weight is 572 g/mol. The van der Waals surface area contributed by atoms with Gasteiger partial charge in [-0.1, -0.05) is 48.0 Å². The summed E-state index contributed by atoms with van der Waals surface area (Å²) in [7, 11) is 0. The van der Waals surface area contributed by atoms with Crippen LogP contribution in [0.4, 0.5) is 0 Å². The van der Waals surface area contributed by atoms with Gasteiger partial charge in [0.25, 0.3) is 5.91 Å². The average Bonchev–Trinajstić information content (AvgIpc) is 2.94. The number of carbonyl (C=O) groups excluding carboxylic acids is 1. The van der Waals surface area contributed by atoms with E-state index in [4.69, 9.17) is 21.1 Å². The van der Waals surface area contributed by atoms with E-state index in [-0.39, 0.29) is 11.7 Å². The van der Waals surface area contributed by atoms with Gasteiger partial charge in [0.2, 0.25) is 0 Å². The maximum absolute atomic E-state index is 12.5. The number of nitrogens with one attached hydrogen (secondary N) is 1. The molecule has 7 nitrogen and oxygen atoms in total. The van der Waals surface area contributed by atoms with E-state index in [0.29, 0.717) is 35.7 Å². The summed E-state index contributed by atoms with van der Waals surface area (Å²) in [6.07, 6.45) is -5.13. The van der Waals surface area contributed by atoms with E-state index in [0.717, 1.165) is 21.8 Å². The van der Waals surface area contributed by atoms with Crippen LogP contribution in [0.25, 0.3) is 0 Å². The SMILES string of the molecule is CCNC(=O)c1ccccc1SC[C@H]1O[C@@H](c2ccc(Cl)c(Cc3ccc(OCC)cc3)c2)[C@H](O)C(O)C1O. The second-order valence-electron chi connectivity index (χ2n) is 9.34. The lowest BCUT2D eigenvalue weighted by atomic mass is 9.90. The maximum Gasteiger partial charge on any atom is 0.252 e. The van der Waals surface area contributed by atoms with Crippen LogP contribution in [0.2, 0.25) is 5.02 Å². The Bertz CT molecular complexity index is 1260. The number of halogens is 1. The Morgan fingerprint density at radius 3 is 2.46 bits per heavy atom. The molecular formula is C30H34ClNO6S. The van der Waals surface area contributed by atoms with Crippen molar-refractivity contribution in [2.24, 2.45) is 0 Å². The number of hydrogen-bond donors (Lipinski definition) is 4. The second kappa shape index (κ2) is 13.7. The first kappa shape index (κ1) is 29.4. The first-order valence-electron chi connectivity index (χ1n) is 13.0. The molecule has 1 amide bonds. The van der Waals surface area contributed by atoms with Crippen molar-refractivity contribution in [1.82, 2.24) is 5.32 Å². The predicted molar refractivity (Wildman–Crippen MR) is 153 cm³/mol. The van der Waals surface area contributed by atoms with Crippen LogP contribution in [0.15, 0.2) is 71.6 Å². The van der Waals surface area contributed by atoms with E-state index in [1.54, 1.807) is 24.3 Å². The summed E-state index contributed by atoms with van der Waals surface area (Å²) >= 11 is 7.86. The third-order valence-electron chi connectivity index (χ3n) is 6.61. The lowest BCUT2D eigenvalue weighted by Gasteiger charge is -2.41. The summed E-state index contributed by atoms with van der Waals surface area (Å²) in [5, 5.41) is 35.6. The Balaban J connectivity index is 1.51. The number of aliphatic hydroxyl groups is 3. The number of amides is 1. The van der Waals surface area contributed by atoms with Crippen LogP contribution in [0.3, 0.4) is 0 Å². The van der Waals surface area contributed by atoms with Gasteiger partial charge in [-0.2, -0.15) is 0 Å². The monoisotopic (exact) mass is 571 g/mol. The van der Waals surface area contributed by atoms with Gasteiger partial charge in [0.15, 0.2) is 0 Å². The van der Waals surface area contributed by atoms with Crippen LogP contribution in [-0.4, -0.2) is 64.5 Å². The third kappa shape index (κ3) is 7.14. The summed E-state index contributed by atoms with van der Waals surface area (Å²) in [5.74, 6) is 0.884. The van der Waals surface area contributed by atoms with Gasteiger partial charge >= 0.3 is 0 Å². The molecule has 0 aromatic heterocycles. The number of benzene rings is 3. The van der Waals surface area contributed by atoms with E-state index in [1.807, 2.05) is 56.3 Å². The van der Waals surface area contributed by atoms with Crippen molar-refractivity contribution < 1.29 is 29.6 Å². The summed E-state index contributed by atoms with van der Waals surface area (Å²) in [4.78, 5) is 13.2. The molecule has 1 heterocycles. The molecule has 1 aliphatic rings. The van der Waals surface area contributed by atoms with Crippen molar-refractivity contribution in [2.75, 3.05) is 18.9 Å². The Labute approximate surface area is 238 Å². The topological polar surface area (TPSA) is 108 Å². The van der Waals surface area contributed by atoms with Crippen LogP contribution >= 0.6 is 23.4 Å². The van der Waals surface area contributed by atoms with Gasteiger partial charge in [0.05, 0.1) is 18.3 Å². The molecular weight excluding hydrogens is 538 g/mol. The number of ether oxygens (including phenoxy) is 2. The normalized spacial score (nSPS) is 22.9. The predicted octanol–water partition coefficient (Wildman–Crippen LogP) is 4.39. The van der Waals surface area contributed by atoms with Gasteiger partial charge in [-0.15, -0.1) is 11.8 Å². The standard InChI is InChI=1S/C30H34ClNO6S/c1-3-32-30(36)22-7-5-6-8-25(22)39-17-24-26(33)27(34)28(35)29(38-24)19-11-14-23(31)20(16-19)15-18-9-12-21(13-10-18)37-4-2/h5-14,16,24,26-29,33-35H,3-4,15,17H2,1-2H3,(H,32,36)/t24-,26?,27?,28-,29+/m1/s1. The molecule has 3 aromatic carbocycles. The number of thioether (sulfide) groups is 1. The Hall–Kier alpha value is -2.59. The number of carbonyl (C=O) groups is 1. The van der Waals surface area contributed by atoms with Gasteiger partial charge in [0, 0.05) is 22.2 Å². The molecule has 39 heavy (non-hydrogen) atoms. The number of hydrogen-bond acceptors (Lipinski definition) is 7. The fourth-order valence-electron chi connectivity index (χ4n) is 4.57. The largest absolute Gasteiger partial charge is 0.494 e. The summed E-state index contributed by atoms with van der Waals surface area (Å²) in [6, 6.07) is 20.4. The molecule has 0 radical (unpaired) electrons. The van der Waals surface area contributed by atoms with Crippen molar-refractivity contribution in [3.8, 4) is 5.75 Å². The maximum atomic E-state index is 12.5. The van der Waals surface area contributed by atoms with Crippen molar-refractivity contribution in [2.45, 2.75) is 55.7 Å². The summed E-state index contributed by atoms with van der Waals surface area (Å²) in [5.41, 5.74) is 3.06. The first-order valence-corrected chi connectivity index (χ1v) is 14.4. The van der Waals surface area contributed by atoms with Gasteiger partial charge in [-0.25, -0.2) is 0 Å². The van der Waals surface area contributed by atoms with Crippen LogP contribution in [0.1, 0.15) is 47.0 Å². The van der Waals surface area contributed by atoms with Crippen molar-refractivity contribution in [1.29, 1.82) is 0 Å². The molecule has 3 aromatic rings. The van der Waals surface area contributed by atoms with E-state index < -0.39 is 30.5 Å². The van der Waals surface area contributed by atoms with Crippen molar-refractivity contribution in [3.63, 3.8) is 0 Å². The molecule has 208 valence electrons. The van der Waals surface area contributed by atoms with E-state index >= 15 is 0 Å². The fraction of sp³-hybridized carbons (Fsp3) is 0.367. The molecule has 5 atom stereocenters. The highest BCUT2D eigenvalue weighted by Crippen LogP contribution is 2.36. The zero-order valence-corrected chi connectivity index (χ0v) is 23.5. The zero-order valence-electron chi connectivity index (χ0n) is 21.9. The molecule has 0 aliphatic carbocycles. The second-order valence-corrected chi connectivity index (χ2v) is 10.8. The third-order valence-corrected chi connectivity index (χ3v) is 8.14. The van der Waals surface area contributed by atoms with Gasteiger partial charge in [-0.05, 0) is 67.3 Å². The quantitative estimate of drug-likeness (QED) is 0.267. The fourth-order valence-corrected chi connectivity index (χ4v) is 5.86. The van der Waals surface area contributed by atoms with Crippen LogP contribution in [0.5, 0.6) is 5.75 Å². The summed E-state index contributed by atoms with van der Waals surface area (Å²) < 4.78 is 11.7. The Kier molecular flexibility index (Phi) is 10.3. The molecule has 1 saturated heterocycles.